The minimum atomic E-state index is -0.246. The Bertz CT molecular complexity index is 404. The van der Waals surface area contributed by atoms with E-state index in [0.717, 1.165) is 16.9 Å². The Balaban J connectivity index is 2.68. The summed E-state index contributed by atoms with van der Waals surface area (Å²) < 4.78 is 10.2. The first-order valence-electron chi connectivity index (χ1n) is 6.02. The van der Waals surface area contributed by atoms with Gasteiger partial charge >= 0.3 is 5.97 Å². The van der Waals surface area contributed by atoms with Gasteiger partial charge in [-0.1, -0.05) is 17.7 Å². The number of esters is 1. The van der Waals surface area contributed by atoms with E-state index in [2.05, 4.69) is 0 Å². The summed E-state index contributed by atoms with van der Waals surface area (Å²) in [6.45, 7) is 4.19. The Kier molecular flexibility index (Phi) is 5.99. The lowest BCUT2D eigenvalue weighted by Gasteiger charge is -2.14. The summed E-state index contributed by atoms with van der Waals surface area (Å²) in [6, 6.07) is 5.85. The largest absolute Gasteiger partial charge is 0.496 e. The maximum Gasteiger partial charge on any atom is 0.305 e. The van der Waals surface area contributed by atoms with Crippen molar-refractivity contribution in [2.45, 2.75) is 32.1 Å². The number of carbonyl (C=O) groups excluding carboxylic acids is 1. The molecule has 0 fully saturated rings. The van der Waals surface area contributed by atoms with Crippen molar-refractivity contribution in [3.8, 4) is 5.75 Å². The second-order valence-corrected chi connectivity index (χ2v) is 4.58. The summed E-state index contributed by atoms with van der Waals surface area (Å²) in [5.41, 5.74) is 2.04. The minimum Gasteiger partial charge on any atom is -0.496 e. The molecule has 0 aliphatic rings. The van der Waals surface area contributed by atoms with Crippen molar-refractivity contribution in [2.24, 2.45) is 0 Å². The molecule has 0 bridgehead atoms. The zero-order valence-corrected chi connectivity index (χ0v) is 11.8. The normalized spacial score (nSPS) is 12.0. The van der Waals surface area contributed by atoms with Crippen LogP contribution in [-0.4, -0.2) is 19.7 Å². The average Bonchev–Trinajstić information content (AvgIpc) is 2.36. The number of hydrogen-bond acceptors (Lipinski definition) is 3. The van der Waals surface area contributed by atoms with Crippen molar-refractivity contribution in [3.63, 3.8) is 0 Å². The predicted molar refractivity (Wildman–Crippen MR) is 72.2 cm³/mol. The second kappa shape index (κ2) is 7.27. The van der Waals surface area contributed by atoms with E-state index in [-0.39, 0.29) is 11.3 Å². The van der Waals surface area contributed by atoms with E-state index in [1.165, 1.54) is 0 Å². The fraction of sp³-hybridized carbons (Fsp3) is 0.500. The van der Waals surface area contributed by atoms with Gasteiger partial charge in [-0.3, -0.25) is 4.79 Å². The van der Waals surface area contributed by atoms with Crippen molar-refractivity contribution in [2.75, 3.05) is 13.7 Å². The van der Waals surface area contributed by atoms with E-state index in [0.29, 0.717) is 19.4 Å². The standard InChI is InChI=1S/C14H19ClO3/c1-4-18-14(16)8-6-12(15)11-9-10(2)5-7-13(11)17-3/h5,7,9,12H,4,6,8H2,1-3H3. The van der Waals surface area contributed by atoms with Crippen LogP contribution in [0.15, 0.2) is 18.2 Å². The number of halogens is 1. The molecule has 18 heavy (non-hydrogen) atoms. The third kappa shape index (κ3) is 4.22. The minimum absolute atomic E-state index is 0.213. The molecule has 1 rings (SSSR count). The van der Waals surface area contributed by atoms with Crippen LogP contribution in [-0.2, 0) is 9.53 Å². The van der Waals surface area contributed by atoms with Gasteiger partial charge in [-0.2, -0.15) is 0 Å². The molecular formula is C14H19ClO3. The molecule has 0 aliphatic heterocycles. The third-order valence-corrected chi connectivity index (χ3v) is 3.08. The molecule has 3 nitrogen and oxygen atoms in total. The SMILES string of the molecule is CCOC(=O)CCC(Cl)c1cc(C)ccc1OC. The molecule has 0 radical (unpaired) electrons. The number of rotatable bonds is 6. The molecule has 0 amide bonds. The third-order valence-electron chi connectivity index (χ3n) is 2.63. The number of hydrogen-bond donors (Lipinski definition) is 0. The van der Waals surface area contributed by atoms with Gasteiger partial charge in [-0.05, 0) is 26.3 Å². The quantitative estimate of drug-likeness (QED) is 0.585. The maximum atomic E-state index is 11.3. The van der Waals surface area contributed by atoms with Crippen LogP contribution in [0.3, 0.4) is 0 Å². The molecule has 0 saturated heterocycles. The fourth-order valence-corrected chi connectivity index (χ4v) is 2.01. The first-order valence-corrected chi connectivity index (χ1v) is 6.46. The molecule has 0 N–H and O–H groups in total. The number of carbonyl (C=O) groups is 1. The first kappa shape index (κ1) is 14.8. The topological polar surface area (TPSA) is 35.5 Å². The van der Waals surface area contributed by atoms with Crippen LogP contribution < -0.4 is 4.74 Å². The van der Waals surface area contributed by atoms with Crippen LogP contribution in [0.2, 0.25) is 0 Å². The van der Waals surface area contributed by atoms with Crippen LogP contribution in [0.5, 0.6) is 5.75 Å². The lowest BCUT2D eigenvalue weighted by Crippen LogP contribution is -2.05. The molecule has 0 saturated carbocycles. The summed E-state index contributed by atoms with van der Waals surface area (Å²) >= 11 is 6.32. The Labute approximate surface area is 113 Å². The van der Waals surface area contributed by atoms with Crippen LogP contribution >= 0.6 is 11.6 Å². The van der Waals surface area contributed by atoms with Gasteiger partial charge in [0, 0.05) is 12.0 Å². The number of aryl methyl sites for hydroxylation is 1. The molecule has 4 heteroatoms. The molecule has 1 unspecified atom stereocenters. The smallest absolute Gasteiger partial charge is 0.305 e. The van der Waals surface area contributed by atoms with E-state index in [9.17, 15) is 4.79 Å². The van der Waals surface area contributed by atoms with Gasteiger partial charge in [0.1, 0.15) is 5.75 Å². The second-order valence-electron chi connectivity index (χ2n) is 4.06. The van der Waals surface area contributed by atoms with Crippen LogP contribution in [0, 0.1) is 6.92 Å². The number of benzene rings is 1. The molecular weight excluding hydrogens is 252 g/mol. The molecule has 0 spiro atoms. The molecule has 1 aromatic carbocycles. The summed E-state index contributed by atoms with van der Waals surface area (Å²) in [6.07, 6.45) is 0.860. The van der Waals surface area contributed by atoms with E-state index in [4.69, 9.17) is 21.1 Å². The average molecular weight is 271 g/mol. The van der Waals surface area contributed by atoms with Crippen molar-refractivity contribution >= 4 is 17.6 Å². The molecule has 1 atom stereocenters. The van der Waals surface area contributed by atoms with E-state index < -0.39 is 0 Å². The zero-order chi connectivity index (χ0) is 13.5. The van der Waals surface area contributed by atoms with Gasteiger partial charge in [0.2, 0.25) is 0 Å². The Morgan fingerprint density at radius 3 is 2.78 bits per heavy atom. The lowest BCUT2D eigenvalue weighted by atomic mass is 10.0. The van der Waals surface area contributed by atoms with Gasteiger partial charge < -0.3 is 9.47 Å². The lowest BCUT2D eigenvalue weighted by molar-refractivity contribution is -0.143. The van der Waals surface area contributed by atoms with Crippen LogP contribution in [0.25, 0.3) is 0 Å². The highest BCUT2D eigenvalue weighted by molar-refractivity contribution is 6.21. The highest BCUT2D eigenvalue weighted by Crippen LogP contribution is 2.33. The summed E-state index contributed by atoms with van der Waals surface area (Å²) in [5, 5.41) is -0.246. The first-order chi connectivity index (χ1) is 8.58. The van der Waals surface area contributed by atoms with Gasteiger partial charge in [0.25, 0.3) is 0 Å². The van der Waals surface area contributed by atoms with Crippen molar-refractivity contribution in [3.05, 3.63) is 29.3 Å². The summed E-state index contributed by atoms with van der Waals surface area (Å²) in [5.74, 6) is 0.541. The Hall–Kier alpha value is -1.22. The molecule has 0 aromatic heterocycles. The summed E-state index contributed by atoms with van der Waals surface area (Å²) in [4.78, 5) is 11.3. The number of ether oxygens (including phenoxy) is 2. The highest BCUT2D eigenvalue weighted by Gasteiger charge is 2.15. The van der Waals surface area contributed by atoms with E-state index >= 15 is 0 Å². The van der Waals surface area contributed by atoms with Crippen molar-refractivity contribution in [1.29, 1.82) is 0 Å². The maximum absolute atomic E-state index is 11.3. The van der Waals surface area contributed by atoms with Crippen LogP contribution in [0.4, 0.5) is 0 Å². The van der Waals surface area contributed by atoms with Crippen molar-refractivity contribution in [1.82, 2.24) is 0 Å². The van der Waals surface area contributed by atoms with Gasteiger partial charge in [-0.25, -0.2) is 0 Å². The molecule has 1 aromatic rings. The van der Waals surface area contributed by atoms with Gasteiger partial charge in [-0.15, -0.1) is 11.6 Å². The molecule has 100 valence electrons. The van der Waals surface area contributed by atoms with Gasteiger partial charge in [0.05, 0.1) is 19.1 Å². The fourth-order valence-electron chi connectivity index (χ4n) is 1.73. The molecule has 0 heterocycles. The van der Waals surface area contributed by atoms with E-state index in [1.807, 2.05) is 25.1 Å². The monoisotopic (exact) mass is 270 g/mol. The Morgan fingerprint density at radius 1 is 1.44 bits per heavy atom. The predicted octanol–water partition coefficient (Wildman–Crippen LogP) is 3.63. The molecule has 0 aliphatic carbocycles. The summed E-state index contributed by atoms with van der Waals surface area (Å²) in [7, 11) is 1.61. The highest BCUT2D eigenvalue weighted by atomic mass is 35.5. The van der Waals surface area contributed by atoms with Crippen LogP contribution in [0.1, 0.15) is 36.3 Å². The number of alkyl halides is 1. The number of methoxy groups -OCH3 is 1. The zero-order valence-electron chi connectivity index (χ0n) is 11.0. The van der Waals surface area contributed by atoms with Crippen molar-refractivity contribution < 1.29 is 14.3 Å². The van der Waals surface area contributed by atoms with E-state index in [1.54, 1.807) is 14.0 Å². The Morgan fingerprint density at radius 2 is 2.17 bits per heavy atom. The van der Waals surface area contributed by atoms with Gasteiger partial charge in [0.15, 0.2) is 0 Å².